The van der Waals surface area contributed by atoms with Gasteiger partial charge in [0.2, 0.25) is 0 Å². The topological polar surface area (TPSA) is 26.0 Å². The van der Waals surface area contributed by atoms with E-state index in [0.29, 0.717) is 5.92 Å². The second-order valence-corrected chi connectivity index (χ2v) is 3.87. The molecule has 1 aliphatic rings. The Morgan fingerprint density at radius 2 is 2.58 bits per heavy atom. The maximum Gasteiger partial charge on any atom is 0.181 e. The maximum absolute atomic E-state index is 5.37. The van der Waals surface area contributed by atoms with Gasteiger partial charge in [0.05, 0.1) is 5.69 Å². The van der Waals surface area contributed by atoms with Crippen molar-refractivity contribution in [1.82, 2.24) is 4.98 Å². The zero-order chi connectivity index (χ0) is 8.55. The number of alkyl halides is 1. The SMILES string of the molecule is CCC1CC1c1ocnc1CBr. The van der Waals surface area contributed by atoms with E-state index in [1.54, 1.807) is 6.39 Å². The van der Waals surface area contributed by atoms with Crippen LogP contribution in [0.3, 0.4) is 0 Å². The first kappa shape index (κ1) is 8.30. The van der Waals surface area contributed by atoms with Crippen LogP contribution in [0, 0.1) is 5.92 Å². The summed E-state index contributed by atoms with van der Waals surface area (Å²) in [6.45, 7) is 2.23. The number of oxazole rings is 1. The molecule has 12 heavy (non-hydrogen) atoms. The predicted octanol–water partition coefficient (Wildman–Crippen LogP) is 3.08. The summed E-state index contributed by atoms with van der Waals surface area (Å²) in [5.41, 5.74) is 1.08. The molecule has 1 fully saturated rings. The van der Waals surface area contributed by atoms with Crippen LogP contribution >= 0.6 is 15.9 Å². The van der Waals surface area contributed by atoms with Gasteiger partial charge in [0.1, 0.15) is 5.76 Å². The molecule has 0 aliphatic heterocycles. The standard InChI is InChI=1S/C9H12BrNO/c1-2-6-3-7(6)9-8(4-10)11-5-12-9/h5-7H,2-4H2,1H3. The summed E-state index contributed by atoms with van der Waals surface area (Å²) in [5.74, 6) is 2.61. The van der Waals surface area contributed by atoms with Crippen molar-refractivity contribution in [3.05, 3.63) is 17.8 Å². The lowest BCUT2D eigenvalue weighted by Crippen LogP contribution is -1.86. The third-order valence-electron chi connectivity index (χ3n) is 2.58. The zero-order valence-electron chi connectivity index (χ0n) is 7.09. The van der Waals surface area contributed by atoms with Crippen LogP contribution in [0.4, 0.5) is 0 Å². The molecule has 0 spiro atoms. The van der Waals surface area contributed by atoms with Crippen LogP contribution in [0.2, 0.25) is 0 Å². The first-order valence-electron chi connectivity index (χ1n) is 4.35. The molecular formula is C9H12BrNO. The summed E-state index contributed by atoms with van der Waals surface area (Å²) in [5, 5.41) is 0.811. The Hall–Kier alpha value is -0.310. The highest BCUT2D eigenvalue weighted by Crippen LogP contribution is 2.50. The number of halogens is 1. The third kappa shape index (κ3) is 1.30. The number of rotatable bonds is 3. The number of hydrogen-bond donors (Lipinski definition) is 0. The zero-order valence-corrected chi connectivity index (χ0v) is 8.67. The maximum atomic E-state index is 5.37. The quantitative estimate of drug-likeness (QED) is 0.745. The van der Waals surface area contributed by atoms with Gasteiger partial charge in [-0.05, 0) is 12.3 Å². The van der Waals surface area contributed by atoms with Crippen LogP contribution in [0.5, 0.6) is 0 Å². The second-order valence-electron chi connectivity index (χ2n) is 3.31. The minimum absolute atomic E-state index is 0.657. The molecule has 2 atom stereocenters. The average Bonchev–Trinajstić information content (AvgIpc) is 2.74. The molecule has 1 aromatic rings. The van der Waals surface area contributed by atoms with Crippen LogP contribution in [0.25, 0.3) is 0 Å². The largest absolute Gasteiger partial charge is 0.448 e. The predicted molar refractivity (Wildman–Crippen MR) is 50.3 cm³/mol. The highest BCUT2D eigenvalue weighted by Gasteiger charge is 2.40. The van der Waals surface area contributed by atoms with Crippen LogP contribution in [-0.2, 0) is 5.33 Å². The fourth-order valence-electron chi connectivity index (χ4n) is 1.70. The monoisotopic (exact) mass is 229 g/mol. The van der Waals surface area contributed by atoms with Crippen molar-refractivity contribution in [2.45, 2.75) is 31.0 Å². The highest BCUT2D eigenvalue weighted by atomic mass is 79.9. The molecule has 0 aromatic carbocycles. The van der Waals surface area contributed by atoms with Crippen LogP contribution in [0.15, 0.2) is 10.8 Å². The van der Waals surface area contributed by atoms with Crippen molar-refractivity contribution in [2.24, 2.45) is 5.92 Å². The summed E-state index contributed by atoms with van der Waals surface area (Å²) >= 11 is 3.40. The molecule has 0 N–H and O–H groups in total. The van der Waals surface area contributed by atoms with Gasteiger partial charge in [-0.2, -0.15) is 0 Å². The fraction of sp³-hybridized carbons (Fsp3) is 0.667. The Kier molecular flexibility index (Phi) is 2.22. The molecule has 0 amide bonds. The van der Waals surface area contributed by atoms with Gasteiger partial charge >= 0.3 is 0 Å². The molecule has 0 bridgehead atoms. The van der Waals surface area contributed by atoms with E-state index in [9.17, 15) is 0 Å². The van der Waals surface area contributed by atoms with Gasteiger partial charge in [0.25, 0.3) is 0 Å². The molecule has 2 nitrogen and oxygen atoms in total. The Morgan fingerprint density at radius 3 is 3.17 bits per heavy atom. The molecule has 2 unspecified atom stereocenters. The van der Waals surface area contributed by atoms with Crippen molar-refractivity contribution in [2.75, 3.05) is 0 Å². The van der Waals surface area contributed by atoms with Crippen molar-refractivity contribution in [3.63, 3.8) is 0 Å². The molecule has 1 aromatic heterocycles. The lowest BCUT2D eigenvalue weighted by atomic mass is 10.2. The number of nitrogens with zero attached hydrogens (tertiary/aromatic N) is 1. The fourth-order valence-corrected chi connectivity index (χ4v) is 2.12. The first-order chi connectivity index (χ1) is 5.86. The van der Waals surface area contributed by atoms with E-state index in [2.05, 4.69) is 27.8 Å². The van der Waals surface area contributed by atoms with Gasteiger partial charge in [-0.1, -0.05) is 29.3 Å². The number of hydrogen-bond acceptors (Lipinski definition) is 2. The summed E-state index contributed by atoms with van der Waals surface area (Å²) in [4.78, 5) is 4.15. The van der Waals surface area contributed by atoms with Gasteiger partial charge in [-0.3, -0.25) is 0 Å². The molecule has 2 rings (SSSR count). The Labute approximate surface area is 80.5 Å². The Morgan fingerprint density at radius 1 is 1.75 bits per heavy atom. The van der Waals surface area contributed by atoms with E-state index < -0.39 is 0 Å². The van der Waals surface area contributed by atoms with Gasteiger partial charge in [0.15, 0.2) is 6.39 Å². The molecule has 1 aliphatic carbocycles. The molecule has 0 radical (unpaired) electrons. The smallest absolute Gasteiger partial charge is 0.181 e. The van der Waals surface area contributed by atoms with E-state index in [1.807, 2.05) is 0 Å². The molecule has 0 saturated heterocycles. The summed E-state index contributed by atoms with van der Waals surface area (Å²) in [6.07, 6.45) is 4.09. The van der Waals surface area contributed by atoms with E-state index >= 15 is 0 Å². The van der Waals surface area contributed by atoms with E-state index in [-0.39, 0.29) is 0 Å². The van der Waals surface area contributed by atoms with Crippen LogP contribution in [-0.4, -0.2) is 4.98 Å². The van der Waals surface area contributed by atoms with Gasteiger partial charge in [0, 0.05) is 11.2 Å². The van der Waals surface area contributed by atoms with Gasteiger partial charge < -0.3 is 4.42 Å². The summed E-state index contributed by atoms with van der Waals surface area (Å²) in [6, 6.07) is 0. The first-order valence-corrected chi connectivity index (χ1v) is 5.47. The highest BCUT2D eigenvalue weighted by molar-refractivity contribution is 9.08. The van der Waals surface area contributed by atoms with Crippen LogP contribution < -0.4 is 0 Å². The average molecular weight is 230 g/mol. The number of aromatic nitrogens is 1. The lowest BCUT2D eigenvalue weighted by molar-refractivity contribution is 0.494. The Bertz CT molecular complexity index is 271. The minimum atomic E-state index is 0.657. The van der Waals surface area contributed by atoms with E-state index in [4.69, 9.17) is 4.42 Å². The normalized spacial score (nSPS) is 27.5. The van der Waals surface area contributed by atoms with Crippen molar-refractivity contribution >= 4 is 15.9 Å². The van der Waals surface area contributed by atoms with Crippen LogP contribution in [0.1, 0.15) is 37.1 Å². The van der Waals surface area contributed by atoms with Crippen molar-refractivity contribution in [3.8, 4) is 0 Å². The van der Waals surface area contributed by atoms with Crippen molar-refractivity contribution in [1.29, 1.82) is 0 Å². The molecule has 66 valence electrons. The minimum Gasteiger partial charge on any atom is -0.448 e. The Balaban J connectivity index is 2.13. The van der Waals surface area contributed by atoms with E-state index in [0.717, 1.165) is 22.7 Å². The lowest BCUT2D eigenvalue weighted by Gasteiger charge is -1.94. The second kappa shape index (κ2) is 3.21. The van der Waals surface area contributed by atoms with Crippen molar-refractivity contribution < 1.29 is 4.42 Å². The molecule has 1 saturated carbocycles. The molecule has 1 heterocycles. The summed E-state index contributed by atoms with van der Waals surface area (Å²) in [7, 11) is 0. The van der Waals surface area contributed by atoms with Gasteiger partial charge in [-0.25, -0.2) is 4.98 Å². The molecule has 3 heteroatoms. The summed E-state index contributed by atoms with van der Waals surface area (Å²) < 4.78 is 5.37. The van der Waals surface area contributed by atoms with E-state index in [1.165, 1.54) is 12.8 Å². The van der Waals surface area contributed by atoms with Gasteiger partial charge in [-0.15, -0.1) is 0 Å². The molecular weight excluding hydrogens is 218 g/mol. The third-order valence-corrected chi connectivity index (χ3v) is 3.11.